The Morgan fingerprint density at radius 1 is 1.17 bits per heavy atom. The van der Waals surface area contributed by atoms with Gasteiger partial charge in [0.05, 0.1) is 17.3 Å². The van der Waals surface area contributed by atoms with Gasteiger partial charge in [-0.05, 0) is 74.5 Å². The van der Waals surface area contributed by atoms with Gasteiger partial charge in [0.25, 0.3) is 5.91 Å². The molecule has 0 bridgehead atoms. The summed E-state index contributed by atoms with van der Waals surface area (Å²) in [5.74, 6) is 0.953. The number of amides is 1. The monoisotopic (exact) mass is 480 g/mol. The van der Waals surface area contributed by atoms with Crippen LogP contribution in [-0.4, -0.2) is 39.7 Å². The van der Waals surface area contributed by atoms with Crippen LogP contribution in [0.3, 0.4) is 0 Å². The fourth-order valence-electron chi connectivity index (χ4n) is 5.41. The lowest BCUT2D eigenvalue weighted by Gasteiger charge is -2.33. The molecule has 0 radical (unpaired) electrons. The number of nitrogens with zero attached hydrogens (tertiary/aromatic N) is 4. The third-order valence-electron chi connectivity index (χ3n) is 7.00. The van der Waals surface area contributed by atoms with Gasteiger partial charge in [0.2, 0.25) is 0 Å². The van der Waals surface area contributed by atoms with Gasteiger partial charge in [-0.2, -0.15) is 5.10 Å². The van der Waals surface area contributed by atoms with Crippen LogP contribution in [0.25, 0.3) is 10.8 Å². The van der Waals surface area contributed by atoms with Crippen molar-refractivity contribution in [2.75, 3.05) is 24.7 Å². The molecule has 1 aliphatic carbocycles. The molecule has 0 saturated carbocycles. The molecule has 2 aromatic heterocycles. The van der Waals surface area contributed by atoms with Crippen molar-refractivity contribution in [3.63, 3.8) is 0 Å². The number of carbonyl (C=O) groups excluding carboxylic acids is 1. The molecular weight excluding hydrogens is 448 g/mol. The summed E-state index contributed by atoms with van der Waals surface area (Å²) < 4.78 is 2.00. The first kappa shape index (κ1) is 23.8. The van der Waals surface area contributed by atoms with Gasteiger partial charge in [0.15, 0.2) is 0 Å². The van der Waals surface area contributed by atoms with Crippen molar-refractivity contribution in [1.82, 2.24) is 19.7 Å². The van der Waals surface area contributed by atoms with E-state index in [1.54, 1.807) is 6.20 Å². The molecule has 1 unspecified atom stereocenters. The van der Waals surface area contributed by atoms with Crippen molar-refractivity contribution in [1.29, 1.82) is 0 Å². The third kappa shape index (κ3) is 4.38. The maximum absolute atomic E-state index is 13.9. The molecule has 2 aliphatic rings. The van der Waals surface area contributed by atoms with Crippen LogP contribution in [0.2, 0.25) is 0 Å². The third-order valence-corrected chi connectivity index (χ3v) is 7.00. The van der Waals surface area contributed by atoms with Crippen LogP contribution in [0.5, 0.6) is 0 Å². The number of nitrogens with one attached hydrogen (secondary N) is 2. The Morgan fingerprint density at radius 3 is 2.61 bits per heavy atom. The highest BCUT2D eigenvalue weighted by molar-refractivity contribution is 6.06. The summed E-state index contributed by atoms with van der Waals surface area (Å²) in [6, 6.07) is 9.68. The minimum absolute atomic E-state index is 0.124. The van der Waals surface area contributed by atoms with E-state index in [2.05, 4.69) is 39.7 Å². The molecule has 1 atom stereocenters. The van der Waals surface area contributed by atoms with Gasteiger partial charge in [-0.15, -0.1) is 0 Å². The van der Waals surface area contributed by atoms with Gasteiger partial charge in [-0.25, -0.2) is 4.68 Å². The average molecular weight is 481 g/mol. The summed E-state index contributed by atoms with van der Waals surface area (Å²) in [5.41, 5.74) is 5.64. The number of hydrogen-bond donors (Lipinski definition) is 2. The Bertz CT molecular complexity index is 1410. The van der Waals surface area contributed by atoms with Crippen LogP contribution in [0.4, 0.5) is 11.5 Å². The lowest BCUT2D eigenvalue weighted by atomic mass is 9.87. The maximum atomic E-state index is 13.9. The Kier molecular flexibility index (Phi) is 6.33. The molecule has 3 heterocycles. The number of fused-ring (bicyclic) bond motifs is 2. The molecule has 0 saturated heterocycles. The molecule has 7 heteroatoms. The highest BCUT2D eigenvalue weighted by atomic mass is 16.1. The SMILES string of the molecule is C=CC1=C(C=C)CC(C2C(C(=O)Nc3ccc4cnccc4c3)=C(C)Nc3cc(CN(C)C)nn32)C1. The number of carbonyl (C=O) groups is 1. The van der Waals surface area contributed by atoms with E-state index in [1.165, 1.54) is 11.1 Å². The van der Waals surface area contributed by atoms with Gasteiger partial charge >= 0.3 is 0 Å². The second-order valence-corrected chi connectivity index (χ2v) is 9.83. The van der Waals surface area contributed by atoms with Crippen molar-refractivity contribution in [3.8, 4) is 0 Å². The predicted molar refractivity (Wildman–Crippen MR) is 145 cm³/mol. The summed E-state index contributed by atoms with van der Waals surface area (Å²) in [4.78, 5) is 20.1. The fourth-order valence-corrected chi connectivity index (χ4v) is 5.41. The van der Waals surface area contributed by atoms with Crippen LogP contribution in [0, 0.1) is 5.92 Å². The van der Waals surface area contributed by atoms with E-state index in [4.69, 9.17) is 5.10 Å². The van der Waals surface area contributed by atoms with E-state index < -0.39 is 0 Å². The lowest BCUT2D eigenvalue weighted by molar-refractivity contribution is -0.113. The van der Waals surface area contributed by atoms with E-state index in [0.717, 1.165) is 53.1 Å². The quantitative estimate of drug-likeness (QED) is 0.470. The van der Waals surface area contributed by atoms with E-state index >= 15 is 0 Å². The first-order valence-electron chi connectivity index (χ1n) is 12.2. The summed E-state index contributed by atoms with van der Waals surface area (Å²) >= 11 is 0. The molecule has 36 heavy (non-hydrogen) atoms. The first-order valence-corrected chi connectivity index (χ1v) is 12.2. The zero-order valence-electron chi connectivity index (χ0n) is 21.1. The zero-order chi connectivity index (χ0) is 25.4. The van der Waals surface area contributed by atoms with E-state index in [0.29, 0.717) is 5.57 Å². The van der Waals surface area contributed by atoms with Gasteiger partial charge in [-0.3, -0.25) is 9.78 Å². The van der Waals surface area contributed by atoms with Crippen LogP contribution in [-0.2, 0) is 11.3 Å². The molecule has 1 aromatic carbocycles. The summed E-state index contributed by atoms with van der Waals surface area (Å²) in [6.07, 6.45) is 9.06. The number of pyridine rings is 1. The molecule has 1 amide bonds. The van der Waals surface area contributed by atoms with E-state index in [1.807, 2.05) is 68.3 Å². The molecule has 1 aliphatic heterocycles. The van der Waals surface area contributed by atoms with Crippen molar-refractivity contribution in [3.05, 3.63) is 96.1 Å². The molecular formula is C29H32N6O. The van der Waals surface area contributed by atoms with E-state index in [-0.39, 0.29) is 17.9 Å². The smallest absolute Gasteiger partial charge is 0.255 e. The van der Waals surface area contributed by atoms with Gasteiger partial charge < -0.3 is 15.5 Å². The normalized spacial score (nSPS) is 17.9. The highest BCUT2D eigenvalue weighted by Crippen LogP contribution is 2.46. The maximum Gasteiger partial charge on any atom is 0.255 e. The summed E-state index contributed by atoms with van der Waals surface area (Å²) in [6.45, 7) is 10.7. The van der Waals surface area contributed by atoms with Crippen LogP contribution in [0.15, 0.2) is 90.5 Å². The molecule has 3 aromatic rings. The number of allylic oxidation sites excluding steroid dienone is 5. The number of rotatable bonds is 7. The van der Waals surface area contributed by atoms with Crippen LogP contribution >= 0.6 is 0 Å². The molecule has 5 rings (SSSR count). The topological polar surface area (TPSA) is 75.1 Å². The standard InChI is InChI=1S/C29H32N6O/c1-6-19-12-23(13-20(19)7-2)28-27(18(3)31-26-15-25(17-34(4)5)33-35(26)28)29(36)32-24-9-8-22-16-30-11-10-21(22)14-24/h6-11,14-16,23,28,31H,1-2,12-13,17H2,3-5H3,(H,32,36). The van der Waals surface area contributed by atoms with Crippen molar-refractivity contribution in [2.45, 2.75) is 32.4 Å². The Balaban J connectivity index is 1.52. The summed E-state index contributed by atoms with van der Waals surface area (Å²) in [7, 11) is 4.05. The second kappa shape index (κ2) is 9.59. The van der Waals surface area contributed by atoms with Crippen LogP contribution < -0.4 is 10.6 Å². The first-order chi connectivity index (χ1) is 17.4. The predicted octanol–water partition coefficient (Wildman–Crippen LogP) is 5.45. The minimum atomic E-state index is -0.214. The molecule has 0 fully saturated rings. The number of benzene rings is 1. The zero-order valence-corrected chi connectivity index (χ0v) is 21.1. The van der Waals surface area contributed by atoms with Gasteiger partial charge in [-0.1, -0.05) is 31.4 Å². The fraction of sp³-hybridized carbons (Fsp3) is 0.276. The summed E-state index contributed by atoms with van der Waals surface area (Å²) in [5, 5.41) is 13.6. The second-order valence-electron chi connectivity index (χ2n) is 9.83. The van der Waals surface area contributed by atoms with Gasteiger partial charge in [0.1, 0.15) is 5.82 Å². The number of anilines is 2. The molecule has 7 nitrogen and oxygen atoms in total. The van der Waals surface area contributed by atoms with Crippen molar-refractivity contribution < 1.29 is 4.79 Å². The van der Waals surface area contributed by atoms with Crippen molar-refractivity contribution in [2.24, 2.45) is 5.92 Å². The Hall–Kier alpha value is -3.97. The Morgan fingerprint density at radius 2 is 1.92 bits per heavy atom. The highest BCUT2D eigenvalue weighted by Gasteiger charge is 2.40. The lowest BCUT2D eigenvalue weighted by Crippen LogP contribution is -2.34. The van der Waals surface area contributed by atoms with Crippen LogP contribution in [0.1, 0.15) is 31.5 Å². The van der Waals surface area contributed by atoms with Crippen molar-refractivity contribution >= 4 is 28.2 Å². The van der Waals surface area contributed by atoms with Gasteiger partial charge in [0, 0.05) is 41.8 Å². The molecule has 184 valence electrons. The minimum Gasteiger partial charge on any atom is -0.344 e. The number of aromatic nitrogens is 3. The van der Waals surface area contributed by atoms with E-state index in [9.17, 15) is 4.79 Å². The Labute approximate surface area is 211 Å². The molecule has 0 spiro atoms. The largest absolute Gasteiger partial charge is 0.344 e. The molecule has 2 N–H and O–H groups in total. The number of hydrogen-bond acceptors (Lipinski definition) is 5. The average Bonchev–Trinajstić information content (AvgIpc) is 3.45.